The molecular formula is C8H14N2O2. The summed E-state index contributed by atoms with van der Waals surface area (Å²) in [5, 5.41) is 3.66. The monoisotopic (exact) mass is 170 g/mol. The summed E-state index contributed by atoms with van der Waals surface area (Å²) in [6, 6.07) is 0. The highest BCUT2D eigenvalue weighted by atomic mass is 16.5. The van der Waals surface area contributed by atoms with E-state index in [9.17, 15) is 4.79 Å². The molecule has 0 aliphatic heterocycles. The lowest BCUT2D eigenvalue weighted by Gasteiger charge is -1.99. The lowest BCUT2D eigenvalue weighted by atomic mass is 10.3. The molecule has 0 spiro atoms. The van der Waals surface area contributed by atoms with Gasteiger partial charge in [0.05, 0.1) is 0 Å². The average molecular weight is 170 g/mol. The molecule has 0 aromatic carbocycles. The van der Waals surface area contributed by atoms with E-state index in [0.717, 1.165) is 31.6 Å². The molecule has 0 aliphatic rings. The molecule has 68 valence electrons. The van der Waals surface area contributed by atoms with E-state index in [2.05, 4.69) is 16.6 Å². The maximum absolute atomic E-state index is 11.0. The van der Waals surface area contributed by atoms with Crippen molar-refractivity contribution in [3.63, 3.8) is 0 Å². The first-order chi connectivity index (χ1) is 5.79. The second-order valence-corrected chi connectivity index (χ2v) is 2.72. The van der Waals surface area contributed by atoms with Gasteiger partial charge in [-0.15, -0.1) is 0 Å². The highest BCUT2D eigenvalue weighted by Crippen LogP contribution is 1.97. The predicted octanol–water partition coefficient (Wildman–Crippen LogP) is 1.20. The van der Waals surface area contributed by atoms with Gasteiger partial charge in [-0.3, -0.25) is 9.09 Å². The first kappa shape index (κ1) is 9.03. The molecule has 0 saturated carbocycles. The Hall–Kier alpha value is -1.06. The van der Waals surface area contributed by atoms with Crippen LogP contribution in [0.1, 0.15) is 32.5 Å². The highest BCUT2D eigenvalue weighted by molar-refractivity contribution is 4.82. The van der Waals surface area contributed by atoms with Crippen molar-refractivity contribution in [2.24, 2.45) is 0 Å². The number of rotatable bonds is 4. The quantitative estimate of drug-likeness (QED) is 0.682. The van der Waals surface area contributed by atoms with Crippen LogP contribution in [0.15, 0.2) is 9.32 Å². The minimum absolute atomic E-state index is 0.333. The van der Waals surface area contributed by atoms with Crippen molar-refractivity contribution in [1.29, 1.82) is 0 Å². The largest absolute Gasteiger partial charge is 0.441 e. The fourth-order valence-corrected chi connectivity index (χ4v) is 1.09. The molecule has 0 saturated heterocycles. The molecule has 1 rings (SSSR count). The third kappa shape index (κ3) is 1.75. The van der Waals surface area contributed by atoms with Crippen molar-refractivity contribution in [3.8, 4) is 0 Å². The van der Waals surface area contributed by atoms with Gasteiger partial charge >= 0.3 is 5.76 Å². The molecule has 0 bridgehead atoms. The Morgan fingerprint density at radius 2 is 2.25 bits per heavy atom. The van der Waals surface area contributed by atoms with E-state index >= 15 is 0 Å². The second-order valence-electron chi connectivity index (χ2n) is 2.72. The third-order valence-corrected chi connectivity index (χ3v) is 1.81. The Morgan fingerprint density at radius 3 is 2.83 bits per heavy atom. The Labute approximate surface area is 71.2 Å². The Bertz CT molecular complexity index is 287. The Morgan fingerprint density at radius 1 is 1.50 bits per heavy atom. The normalized spacial score (nSPS) is 10.5. The van der Waals surface area contributed by atoms with Gasteiger partial charge < -0.3 is 0 Å². The Kier molecular flexibility index (Phi) is 3.08. The van der Waals surface area contributed by atoms with Crippen LogP contribution >= 0.6 is 0 Å². The fraction of sp³-hybridized carbons (Fsp3) is 0.750. The Balaban J connectivity index is 2.79. The van der Waals surface area contributed by atoms with Gasteiger partial charge in [-0.2, -0.15) is 0 Å². The summed E-state index contributed by atoms with van der Waals surface area (Å²) in [6.45, 7) is 4.77. The summed E-state index contributed by atoms with van der Waals surface area (Å²) >= 11 is 0. The summed E-state index contributed by atoms with van der Waals surface area (Å²) in [7, 11) is 0. The molecule has 12 heavy (non-hydrogen) atoms. The van der Waals surface area contributed by atoms with Crippen molar-refractivity contribution in [2.45, 2.75) is 39.7 Å². The van der Waals surface area contributed by atoms with Crippen molar-refractivity contribution in [2.75, 3.05) is 0 Å². The van der Waals surface area contributed by atoms with Crippen molar-refractivity contribution < 1.29 is 4.52 Å². The van der Waals surface area contributed by atoms with Crippen LogP contribution < -0.4 is 5.76 Å². The van der Waals surface area contributed by atoms with E-state index < -0.39 is 0 Å². The van der Waals surface area contributed by atoms with Gasteiger partial charge in [0.25, 0.3) is 0 Å². The van der Waals surface area contributed by atoms with Crippen molar-refractivity contribution >= 4 is 0 Å². The molecule has 0 radical (unpaired) electrons. The van der Waals surface area contributed by atoms with E-state index in [4.69, 9.17) is 0 Å². The third-order valence-electron chi connectivity index (χ3n) is 1.81. The van der Waals surface area contributed by atoms with Gasteiger partial charge in [-0.1, -0.05) is 25.4 Å². The van der Waals surface area contributed by atoms with Gasteiger partial charge in [-0.25, -0.2) is 4.79 Å². The molecule has 1 aromatic heterocycles. The van der Waals surface area contributed by atoms with E-state index in [1.165, 1.54) is 0 Å². The zero-order valence-electron chi connectivity index (χ0n) is 7.54. The topological polar surface area (TPSA) is 48.0 Å². The van der Waals surface area contributed by atoms with Crippen LogP contribution in [0.2, 0.25) is 0 Å². The van der Waals surface area contributed by atoms with Crippen LogP contribution in [0.5, 0.6) is 0 Å². The molecule has 1 heterocycles. The lowest BCUT2D eigenvalue weighted by Crippen LogP contribution is -2.16. The summed E-state index contributed by atoms with van der Waals surface area (Å²) in [6.07, 6.45) is 2.81. The molecule has 0 N–H and O–H groups in total. The standard InChI is InChI=1S/C8H14N2O2/c1-3-5-6-10-7(4-2)9-12-8(10)11/h3-6H2,1-2H3. The van der Waals surface area contributed by atoms with E-state index in [1.807, 2.05) is 6.92 Å². The number of hydrogen-bond acceptors (Lipinski definition) is 3. The predicted molar refractivity (Wildman–Crippen MR) is 45.0 cm³/mol. The van der Waals surface area contributed by atoms with Gasteiger partial charge in [0.15, 0.2) is 5.82 Å². The molecule has 4 nitrogen and oxygen atoms in total. The smallest absolute Gasteiger partial charge is 0.296 e. The van der Waals surface area contributed by atoms with Gasteiger partial charge in [0.1, 0.15) is 0 Å². The van der Waals surface area contributed by atoms with Gasteiger partial charge in [-0.05, 0) is 6.42 Å². The van der Waals surface area contributed by atoms with Crippen LogP contribution in [-0.2, 0) is 13.0 Å². The number of nitrogens with zero attached hydrogens (tertiary/aromatic N) is 2. The average Bonchev–Trinajstić information content (AvgIpc) is 2.43. The zero-order chi connectivity index (χ0) is 8.97. The van der Waals surface area contributed by atoms with Crippen LogP contribution in [0.3, 0.4) is 0 Å². The number of hydrogen-bond donors (Lipinski definition) is 0. The number of unbranched alkanes of at least 4 members (excludes halogenated alkanes) is 1. The molecule has 0 atom stereocenters. The summed E-state index contributed by atoms with van der Waals surface area (Å²) in [5.41, 5.74) is 0. The number of aryl methyl sites for hydroxylation is 1. The van der Waals surface area contributed by atoms with Crippen molar-refractivity contribution in [1.82, 2.24) is 9.72 Å². The van der Waals surface area contributed by atoms with Crippen LogP contribution in [-0.4, -0.2) is 9.72 Å². The van der Waals surface area contributed by atoms with Crippen molar-refractivity contribution in [3.05, 3.63) is 16.4 Å². The SMILES string of the molecule is CCCCn1c(CC)noc1=O. The van der Waals surface area contributed by atoms with Gasteiger partial charge in [0, 0.05) is 13.0 Å². The lowest BCUT2D eigenvalue weighted by molar-refractivity contribution is 0.372. The first-order valence-electron chi connectivity index (χ1n) is 4.35. The molecule has 0 amide bonds. The summed E-state index contributed by atoms with van der Waals surface area (Å²) in [5.74, 6) is 0.411. The van der Waals surface area contributed by atoms with Crippen LogP contribution in [0, 0.1) is 0 Å². The van der Waals surface area contributed by atoms with E-state index in [-0.39, 0.29) is 5.76 Å². The summed E-state index contributed by atoms with van der Waals surface area (Å²) in [4.78, 5) is 11.0. The maximum atomic E-state index is 11.0. The van der Waals surface area contributed by atoms with E-state index in [1.54, 1.807) is 4.57 Å². The minimum atomic E-state index is -0.333. The van der Waals surface area contributed by atoms with E-state index in [0.29, 0.717) is 0 Å². The van der Waals surface area contributed by atoms with Gasteiger partial charge in [0.2, 0.25) is 0 Å². The fourth-order valence-electron chi connectivity index (χ4n) is 1.09. The molecule has 4 heteroatoms. The van der Waals surface area contributed by atoms with Crippen LogP contribution in [0.25, 0.3) is 0 Å². The number of aromatic nitrogens is 2. The summed E-state index contributed by atoms with van der Waals surface area (Å²) < 4.78 is 6.14. The first-order valence-corrected chi connectivity index (χ1v) is 4.35. The molecule has 0 unspecified atom stereocenters. The molecular weight excluding hydrogens is 156 g/mol. The second kappa shape index (κ2) is 4.09. The maximum Gasteiger partial charge on any atom is 0.441 e. The highest BCUT2D eigenvalue weighted by Gasteiger charge is 2.06. The zero-order valence-corrected chi connectivity index (χ0v) is 7.54. The molecule has 1 aromatic rings. The molecule has 0 aliphatic carbocycles. The minimum Gasteiger partial charge on any atom is -0.296 e. The molecule has 0 fully saturated rings. The van der Waals surface area contributed by atoms with Crippen LogP contribution in [0.4, 0.5) is 0 Å².